The van der Waals surface area contributed by atoms with Crippen LogP contribution in [0.3, 0.4) is 0 Å². The van der Waals surface area contributed by atoms with Gasteiger partial charge in [0.25, 0.3) is 0 Å². The Morgan fingerprint density at radius 3 is 2.91 bits per heavy atom. The fraction of sp³-hybridized carbons (Fsp3) is 0.471. The lowest BCUT2D eigenvalue weighted by atomic mass is 10.1. The number of para-hydroxylation sites is 1. The van der Waals surface area contributed by atoms with Gasteiger partial charge in [-0.2, -0.15) is 5.10 Å². The predicted octanol–water partition coefficient (Wildman–Crippen LogP) is 2.50. The molecule has 0 spiro atoms. The van der Waals surface area contributed by atoms with E-state index in [1.165, 1.54) is 5.56 Å². The quantitative estimate of drug-likeness (QED) is 0.833. The van der Waals surface area contributed by atoms with E-state index in [0.717, 1.165) is 25.2 Å². The van der Waals surface area contributed by atoms with E-state index >= 15 is 0 Å². The zero-order valence-corrected chi connectivity index (χ0v) is 13.2. The molecular formula is C17H23N3O2. The van der Waals surface area contributed by atoms with Crippen LogP contribution < -0.4 is 5.32 Å². The molecule has 2 aromatic rings. The van der Waals surface area contributed by atoms with Crippen molar-refractivity contribution in [2.45, 2.75) is 38.7 Å². The third-order valence-corrected chi connectivity index (χ3v) is 3.77. The van der Waals surface area contributed by atoms with Gasteiger partial charge in [-0.25, -0.2) is 4.68 Å². The molecule has 0 bridgehead atoms. The molecule has 2 heterocycles. The predicted molar refractivity (Wildman–Crippen MR) is 84.8 cm³/mol. The Kier molecular flexibility index (Phi) is 4.57. The molecule has 1 N–H and O–H groups in total. The third kappa shape index (κ3) is 3.74. The molecule has 0 amide bonds. The van der Waals surface area contributed by atoms with Crippen molar-refractivity contribution < 1.29 is 9.47 Å². The van der Waals surface area contributed by atoms with Gasteiger partial charge in [0.15, 0.2) is 5.79 Å². The van der Waals surface area contributed by atoms with Crippen LogP contribution in [-0.4, -0.2) is 34.8 Å². The van der Waals surface area contributed by atoms with E-state index in [4.69, 9.17) is 9.47 Å². The largest absolute Gasteiger partial charge is 0.348 e. The van der Waals surface area contributed by atoms with Crippen LogP contribution in [0.5, 0.6) is 0 Å². The van der Waals surface area contributed by atoms with Gasteiger partial charge in [0.05, 0.1) is 18.4 Å². The van der Waals surface area contributed by atoms with Crippen molar-refractivity contribution in [1.29, 1.82) is 0 Å². The fourth-order valence-electron chi connectivity index (χ4n) is 2.69. The molecule has 1 atom stereocenters. The highest BCUT2D eigenvalue weighted by Crippen LogP contribution is 2.23. The van der Waals surface area contributed by atoms with Crippen molar-refractivity contribution in [1.82, 2.24) is 15.1 Å². The second kappa shape index (κ2) is 6.60. The van der Waals surface area contributed by atoms with Crippen LogP contribution in [0.2, 0.25) is 0 Å². The van der Waals surface area contributed by atoms with Gasteiger partial charge >= 0.3 is 0 Å². The molecular weight excluding hydrogens is 278 g/mol. The molecule has 1 aromatic heterocycles. The van der Waals surface area contributed by atoms with Crippen LogP contribution in [0.15, 0.2) is 42.7 Å². The second-order valence-corrected chi connectivity index (χ2v) is 6.00. The smallest absolute Gasteiger partial charge is 0.163 e. The molecule has 0 radical (unpaired) electrons. The number of nitrogens with one attached hydrogen (secondary N) is 1. The lowest BCUT2D eigenvalue weighted by molar-refractivity contribution is -0.138. The number of benzene rings is 1. The number of hydrogen-bond donors (Lipinski definition) is 1. The summed E-state index contributed by atoms with van der Waals surface area (Å²) in [6, 6.07) is 10.2. The Morgan fingerprint density at radius 1 is 1.32 bits per heavy atom. The van der Waals surface area contributed by atoms with Gasteiger partial charge in [-0.05, 0) is 44.5 Å². The van der Waals surface area contributed by atoms with Gasteiger partial charge in [-0.3, -0.25) is 0 Å². The summed E-state index contributed by atoms with van der Waals surface area (Å²) in [5, 5.41) is 7.79. The Balaban J connectivity index is 1.50. The lowest BCUT2D eigenvalue weighted by Crippen LogP contribution is -2.25. The number of aromatic nitrogens is 2. The van der Waals surface area contributed by atoms with Crippen LogP contribution in [0.4, 0.5) is 0 Å². The fourth-order valence-corrected chi connectivity index (χ4v) is 2.69. The van der Waals surface area contributed by atoms with E-state index in [2.05, 4.69) is 28.6 Å². The maximum absolute atomic E-state index is 5.81. The average Bonchev–Trinajstić information content (AvgIpc) is 3.14. The van der Waals surface area contributed by atoms with Crippen molar-refractivity contribution in [3.63, 3.8) is 0 Å². The SMILES string of the molecule is CC1(C)OCC(CCNCc2ccccc2-n2cccn2)O1. The van der Waals surface area contributed by atoms with Crippen LogP contribution in [0.1, 0.15) is 25.8 Å². The summed E-state index contributed by atoms with van der Waals surface area (Å²) in [6.45, 7) is 6.31. The minimum Gasteiger partial charge on any atom is -0.348 e. The summed E-state index contributed by atoms with van der Waals surface area (Å²) in [6.07, 6.45) is 4.89. The summed E-state index contributed by atoms with van der Waals surface area (Å²) in [5.41, 5.74) is 2.34. The number of rotatable bonds is 6. The summed E-state index contributed by atoms with van der Waals surface area (Å²) in [5.74, 6) is -0.433. The van der Waals surface area contributed by atoms with Crippen LogP contribution in [-0.2, 0) is 16.0 Å². The molecule has 0 aliphatic carbocycles. The first-order chi connectivity index (χ1) is 10.6. The first kappa shape index (κ1) is 15.2. The maximum atomic E-state index is 5.81. The summed E-state index contributed by atoms with van der Waals surface area (Å²) in [7, 11) is 0. The van der Waals surface area contributed by atoms with Crippen LogP contribution >= 0.6 is 0 Å². The highest BCUT2D eigenvalue weighted by Gasteiger charge is 2.31. The number of hydrogen-bond acceptors (Lipinski definition) is 4. The molecule has 1 fully saturated rings. The topological polar surface area (TPSA) is 48.3 Å². The third-order valence-electron chi connectivity index (χ3n) is 3.77. The van der Waals surface area contributed by atoms with Gasteiger partial charge in [0, 0.05) is 18.9 Å². The number of ether oxygens (including phenoxy) is 2. The number of nitrogens with zero attached hydrogens (tertiary/aromatic N) is 2. The zero-order valence-electron chi connectivity index (χ0n) is 13.2. The minimum atomic E-state index is -0.433. The zero-order chi connectivity index (χ0) is 15.4. The molecule has 1 aliphatic heterocycles. The highest BCUT2D eigenvalue weighted by atomic mass is 16.7. The highest BCUT2D eigenvalue weighted by molar-refractivity contribution is 5.40. The molecule has 1 aromatic carbocycles. The summed E-state index contributed by atoms with van der Waals surface area (Å²) in [4.78, 5) is 0. The molecule has 5 heteroatoms. The molecule has 1 unspecified atom stereocenters. The van der Waals surface area contributed by atoms with E-state index < -0.39 is 5.79 Å². The van der Waals surface area contributed by atoms with Crippen molar-refractivity contribution in [3.8, 4) is 5.69 Å². The Morgan fingerprint density at radius 2 is 2.18 bits per heavy atom. The van der Waals surface area contributed by atoms with Gasteiger partial charge in [0.2, 0.25) is 0 Å². The average molecular weight is 301 g/mol. The Bertz CT molecular complexity index is 596. The summed E-state index contributed by atoms with van der Waals surface area (Å²) >= 11 is 0. The minimum absolute atomic E-state index is 0.184. The van der Waals surface area contributed by atoms with E-state index in [9.17, 15) is 0 Å². The van der Waals surface area contributed by atoms with E-state index in [-0.39, 0.29) is 6.10 Å². The normalized spacial score (nSPS) is 20.4. The van der Waals surface area contributed by atoms with Gasteiger partial charge in [-0.1, -0.05) is 18.2 Å². The van der Waals surface area contributed by atoms with E-state index in [1.54, 1.807) is 6.20 Å². The van der Waals surface area contributed by atoms with E-state index in [1.807, 2.05) is 36.9 Å². The molecule has 5 nitrogen and oxygen atoms in total. The van der Waals surface area contributed by atoms with E-state index in [0.29, 0.717) is 6.61 Å². The van der Waals surface area contributed by atoms with Crippen LogP contribution in [0, 0.1) is 0 Å². The first-order valence-electron chi connectivity index (χ1n) is 7.74. The first-order valence-corrected chi connectivity index (χ1v) is 7.74. The standard InChI is InChI=1S/C17H23N3O2/c1-17(2)21-13-15(22-17)8-10-18-12-14-6-3-4-7-16(14)20-11-5-9-19-20/h3-7,9,11,15,18H,8,10,12-13H2,1-2H3. The van der Waals surface area contributed by atoms with Crippen molar-refractivity contribution >= 4 is 0 Å². The molecule has 22 heavy (non-hydrogen) atoms. The Labute approximate surface area is 131 Å². The second-order valence-electron chi connectivity index (χ2n) is 6.00. The Hall–Kier alpha value is -1.69. The van der Waals surface area contributed by atoms with Gasteiger partial charge in [0.1, 0.15) is 0 Å². The molecule has 3 rings (SSSR count). The van der Waals surface area contributed by atoms with Crippen LogP contribution in [0.25, 0.3) is 5.69 Å². The lowest BCUT2D eigenvalue weighted by Gasteiger charge is -2.17. The molecule has 1 aliphatic rings. The van der Waals surface area contributed by atoms with Crippen molar-refractivity contribution in [2.24, 2.45) is 0 Å². The maximum Gasteiger partial charge on any atom is 0.163 e. The molecule has 118 valence electrons. The van der Waals surface area contributed by atoms with Gasteiger partial charge < -0.3 is 14.8 Å². The monoisotopic (exact) mass is 301 g/mol. The molecule has 1 saturated heterocycles. The van der Waals surface area contributed by atoms with Gasteiger partial charge in [-0.15, -0.1) is 0 Å². The van der Waals surface area contributed by atoms with Crippen molar-refractivity contribution in [3.05, 3.63) is 48.3 Å². The van der Waals surface area contributed by atoms with Crippen molar-refractivity contribution in [2.75, 3.05) is 13.2 Å². The summed E-state index contributed by atoms with van der Waals surface area (Å²) < 4.78 is 13.3. The molecule has 0 saturated carbocycles.